The van der Waals surface area contributed by atoms with Crippen molar-refractivity contribution >= 4 is 73.9 Å². The van der Waals surface area contributed by atoms with E-state index in [4.69, 9.17) is 37.4 Å². The Labute approximate surface area is 237 Å². The summed E-state index contributed by atoms with van der Waals surface area (Å²) in [5.41, 5.74) is 1.36. The summed E-state index contributed by atoms with van der Waals surface area (Å²) < 4.78 is 16.5. The van der Waals surface area contributed by atoms with E-state index in [1.165, 1.54) is 44.1 Å². The molecule has 0 atom stereocenters. The molecule has 1 aromatic carbocycles. The minimum Gasteiger partial charge on any atom is -0.495 e. The molecule has 1 aliphatic heterocycles. The lowest BCUT2D eigenvalue weighted by Gasteiger charge is -2.26. The standard InChI is InChI=1S/C25H22Cl2N6O5S/c1-36-15-9-16(37-2)19(27)21(18(15)26)32-24(34)14-11-39-22-20(14)29-12-30-23(22)31-17-4-3-13(10-28-17)25(35)33-5-7-38-8-6-33/h3-4,9-12H,5-8H2,1-2H3,(H,32,34)(H,28,29,30,31). The van der Waals surface area contributed by atoms with Gasteiger partial charge in [0.05, 0.1) is 54.5 Å². The summed E-state index contributed by atoms with van der Waals surface area (Å²) in [5.74, 6) is 0.960. The van der Waals surface area contributed by atoms with Gasteiger partial charge in [-0.1, -0.05) is 23.2 Å². The number of methoxy groups -OCH3 is 2. The van der Waals surface area contributed by atoms with Gasteiger partial charge in [-0.25, -0.2) is 15.0 Å². The first-order valence-electron chi connectivity index (χ1n) is 11.6. The van der Waals surface area contributed by atoms with E-state index in [2.05, 4.69) is 25.6 Å². The fraction of sp³-hybridized carbons (Fsp3) is 0.240. The molecule has 0 spiro atoms. The second-order valence-corrected chi connectivity index (χ2v) is 9.88. The van der Waals surface area contributed by atoms with E-state index in [1.807, 2.05) is 0 Å². The topological polar surface area (TPSA) is 128 Å². The third kappa shape index (κ3) is 5.41. The van der Waals surface area contributed by atoms with Crippen LogP contribution in [0.5, 0.6) is 11.5 Å². The molecule has 4 heterocycles. The molecule has 11 nitrogen and oxygen atoms in total. The van der Waals surface area contributed by atoms with E-state index in [1.54, 1.807) is 22.4 Å². The normalized spacial score (nSPS) is 13.3. The van der Waals surface area contributed by atoms with Gasteiger partial charge in [0, 0.05) is 30.7 Å². The lowest BCUT2D eigenvalue weighted by molar-refractivity contribution is 0.0302. The number of halogens is 2. The summed E-state index contributed by atoms with van der Waals surface area (Å²) in [6.07, 6.45) is 2.86. The summed E-state index contributed by atoms with van der Waals surface area (Å²) in [6, 6.07) is 4.93. The maximum atomic E-state index is 13.3. The van der Waals surface area contributed by atoms with Crippen LogP contribution < -0.4 is 20.1 Å². The monoisotopic (exact) mass is 588 g/mol. The van der Waals surface area contributed by atoms with E-state index < -0.39 is 5.91 Å². The summed E-state index contributed by atoms with van der Waals surface area (Å²) in [6.45, 7) is 2.15. The zero-order chi connectivity index (χ0) is 27.5. The second kappa shape index (κ2) is 11.6. The average Bonchev–Trinajstić information content (AvgIpc) is 3.41. The highest BCUT2D eigenvalue weighted by Gasteiger charge is 2.23. The van der Waals surface area contributed by atoms with E-state index in [9.17, 15) is 9.59 Å². The van der Waals surface area contributed by atoms with Crippen LogP contribution in [0.25, 0.3) is 10.2 Å². The lowest BCUT2D eigenvalue weighted by atomic mass is 10.2. The Morgan fingerprint density at radius 3 is 2.41 bits per heavy atom. The molecule has 0 radical (unpaired) electrons. The number of amides is 2. The number of thiophene rings is 1. The summed E-state index contributed by atoms with van der Waals surface area (Å²) in [4.78, 5) is 40.7. The first-order chi connectivity index (χ1) is 18.9. The Kier molecular flexibility index (Phi) is 7.98. The van der Waals surface area contributed by atoms with Crippen LogP contribution in [0.15, 0.2) is 36.1 Å². The van der Waals surface area contributed by atoms with Crippen molar-refractivity contribution in [1.82, 2.24) is 19.9 Å². The van der Waals surface area contributed by atoms with Crippen LogP contribution in [0.3, 0.4) is 0 Å². The molecule has 1 saturated heterocycles. The second-order valence-electron chi connectivity index (χ2n) is 8.25. The van der Waals surface area contributed by atoms with E-state index in [0.717, 1.165) is 0 Å². The molecule has 1 fully saturated rings. The Morgan fingerprint density at radius 1 is 1.05 bits per heavy atom. The van der Waals surface area contributed by atoms with Gasteiger partial charge in [0.2, 0.25) is 0 Å². The number of anilines is 3. The van der Waals surface area contributed by atoms with E-state index in [-0.39, 0.29) is 21.6 Å². The molecular weight excluding hydrogens is 567 g/mol. The number of hydrogen-bond acceptors (Lipinski definition) is 10. The first kappa shape index (κ1) is 26.9. The van der Waals surface area contributed by atoms with Gasteiger partial charge in [0.15, 0.2) is 5.82 Å². The minimum atomic E-state index is -0.478. The summed E-state index contributed by atoms with van der Waals surface area (Å²) >= 11 is 14.1. The molecule has 0 unspecified atom stereocenters. The molecule has 5 rings (SSSR count). The molecule has 14 heteroatoms. The van der Waals surface area contributed by atoms with Crippen LogP contribution in [-0.4, -0.2) is 72.2 Å². The molecule has 2 N–H and O–H groups in total. The number of ether oxygens (including phenoxy) is 3. The SMILES string of the molecule is COc1cc(OC)c(Cl)c(NC(=O)c2csc3c(Nc4ccc(C(=O)N5CCOCC5)cn4)ncnc23)c1Cl. The Morgan fingerprint density at radius 2 is 1.77 bits per heavy atom. The molecule has 3 aromatic heterocycles. The zero-order valence-electron chi connectivity index (χ0n) is 20.8. The van der Waals surface area contributed by atoms with Gasteiger partial charge >= 0.3 is 0 Å². The van der Waals surface area contributed by atoms with Crippen LogP contribution in [-0.2, 0) is 4.74 Å². The third-order valence-corrected chi connectivity index (χ3v) is 7.69. The van der Waals surface area contributed by atoms with Crippen molar-refractivity contribution in [3.8, 4) is 11.5 Å². The predicted octanol–water partition coefficient (Wildman–Crippen LogP) is 4.88. The number of nitrogens with zero attached hydrogens (tertiary/aromatic N) is 4. The molecule has 202 valence electrons. The number of pyridine rings is 1. The van der Waals surface area contributed by atoms with Crippen molar-refractivity contribution in [3.05, 3.63) is 57.3 Å². The molecule has 2 amide bonds. The Hall–Kier alpha value is -3.71. The summed E-state index contributed by atoms with van der Waals surface area (Å²) in [5, 5.41) is 7.81. The fourth-order valence-corrected chi connectivity index (χ4v) is 5.48. The van der Waals surface area contributed by atoms with Gasteiger partial charge in [-0.2, -0.15) is 0 Å². The average molecular weight is 589 g/mol. The number of morpholine rings is 1. The van der Waals surface area contributed by atoms with Gasteiger partial charge in [-0.15, -0.1) is 11.3 Å². The number of rotatable bonds is 7. The van der Waals surface area contributed by atoms with Crippen molar-refractivity contribution in [2.75, 3.05) is 51.2 Å². The zero-order valence-corrected chi connectivity index (χ0v) is 23.1. The minimum absolute atomic E-state index is 0.0930. The Balaban J connectivity index is 1.37. The first-order valence-corrected chi connectivity index (χ1v) is 13.3. The molecular formula is C25H22Cl2N6O5S. The molecule has 39 heavy (non-hydrogen) atoms. The van der Waals surface area contributed by atoms with Crippen LogP contribution >= 0.6 is 34.5 Å². The summed E-state index contributed by atoms with van der Waals surface area (Å²) in [7, 11) is 2.89. The van der Waals surface area contributed by atoms with Crippen molar-refractivity contribution in [2.45, 2.75) is 0 Å². The third-order valence-electron chi connectivity index (χ3n) is 5.97. The maximum Gasteiger partial charge on any atom is 0.258 e. The number of aromatic nitrogens is 3. The smallest absolute Gasteiger partial charge is 0.258 e. The number of carbonyl (C=O) groups is 2. The van der Waals surface area contributed by atoms with Crippen LogP contribution in [0.1, 0.15) is 20.7 Å². The van der Waals surface area contributed by atoms with Crippen molar-refractivity contribution in [2.24, 2.45) is 0 Å². The number of nitrogens with one attached hydrogen (secondary N) is 2. The van der Waals surface area contributed by atoms with Gasteiger partial charge < -0.3 is 29.7 Å². The molecule has 0 bridgehead atoms. The van der Waals surface area contributed by atoms with E-state index >= 15 is 0 Å². The van der Waals surface area contributed by atoms with Gasteiger partial charge in [0.25, 0.3) is 11.8 Å². The highest BCUT2D eigenvalue weighted by atomic mass is 35.5. The van der Waals surface area contributed by atoms with Gasteiger partial charge in [-0.05, 0) is 12.1 Å². The van der Waals surface area contributed by atoms with Crippen molar-refractivity contribution in [1.29, 1.82) is 0 Å². The highest BCUT2D eigenvalue weighted by Crippen LogP contribution is 2.44. The molecule has 0 aliphatic carbocycles. The van der Waals surface area contributed by atoms with E-state index in [0.29, 0.717) is 70.8 Å². The quantitative estimate of drug-likeness (QED) is 0.310. The molecule has 1 aliphatic rings. The fourth-order valence-electron chi connectivity index (χ4n) is 3.94. The van der Waals surface area contributed by atoms with Crippen molar-refractivity contribution < 1.29 is 23.8 Å². The predicted molar refractivity (Wildman–Crippen MR) is 149 cm³/mol. The lowest BCUT2D eigenvalue weighted by Crippen LogP contribution is -2.40. The number of hydrogen-bond donors (Lipinski definition) is 2. The maximum absolute atomic E-state index is 13.3. The van der Waals surface area contributed by atoms with Gasteiger partial charge in [0.1, 0.15) is 33.7 Å². The molecule has 0 saturated carbocycles. The van der Waals surface area contributed by atoms with Gasteiger partial charge in [-0.3, -0.25) is 9.59 Å². The Bertz CT molecular complexity index is 1510. The number of carbonyl (C=O) groups excluding carboxylic acids is 2. The van der Waals surface area contributed by atoms with Crippen LogP contribution in [0.4, 0.5) is 17.3 Å². The molecule has 4 aromatic rings. The number of benzene rings is 1. The highest BCUT2D eigenvalue weighted by molar-refractivity contribution is 7.18. The van der Waals surface area contributed by atoms with Crippen LogP contribution in [0, 0.1) is 0 Å². The van der Waals surface area contributed by atoms with Crippen molar-refractivity contribution in [3.63, 3.8) is 0 Å². The van der Waals surface area contributed by atoms with Crippen LogP contribution in [0.2, 0.25) is 10.0 Å². The largest absolute Gasteiger partial charge is 0.495 e. The number of fused-ring (bicyclic) bond motifs is 1.